The molecular weight excluding hydrogens is 274 g/mol. The molecule has 2 aromatic rings. The summed E-state index contributed by atoms with van der Waals surface area (Å²) in [5.74, 6) is 0.151. The molecule has 20 heavy (non-hydrogen) atoms. The SMILES string of the molecule is Cc1ccc(-c2noc(N)c2C(=O)NC(C)C(C)C)s1. The van der Waals surface area contributed by atoms with Gasteiger partial charge in [0, 0.05) is 10.9 Å². The highest BCUT2D eigenvalue weighted by Crippen LogP contribution is 2.32. The number of nitrogens with zero attached hydrogens (tertiary/aromatic N) is 1. The van der Waals surface area contributed by atoms with Gasteiger partial charge < -0.3 is 15.6 Å². The van der Waals surface area contributed by atoms with Gasteiger partial charge in [-0.25, -0.2) is 0 Å². The van der Waals surface area contributed by atoms with Crippen LogP contribution in [0.4, 0.5) is 5.88 Å². The summed E-state index contributed by atoms with van der Waals surface area (Å²) in [6.45, 7) is 8.05. The molecular formula is C14H19N3O2S. The number of aryl methyl sites for hydroxylation is 1. The zero-order valence-electron chi connectivity index (χ0n) is 12.1. The van der Waals surface area contributed by atoms with E-state index in [0.717, 1.165) is 9.75 Å². The summed E-state index contributed by atoms with van der Waals surface area (Å²) in [7, 11) is 0. The zero-order chi connectivity index (χ0) is 14.9. The molecule has 5 nitrogen and oxygen atoms in total. The largest absolute Gasteiger partial charge is 0.367 e. The van der Waals surface area contributed by atoms with E-state index in [-0.39, 0.29) is 17.8 Å². The van der Waals surface area contributed by atoms with Gasteiger partial charge in [0.2, 0.25) is 5.88 Å². The van der Waals surface area contributed by atoms with E-state index < -0.39 is 0 Å². The first-order chi connectivity index (χ1) is 9.40. The predicted molar refractivity (Wildman–Crippen MR) is 80.7 cm³/mol. The third-order valence-electron chi connectivity index (χ3n) is 3.28. The molecule has 2 aromatic heterocycles. The van der Waals surface area contributed by atoms with Gasteiger partial charge in [-0.05, 0) is 31.9 Å². The molecule has 0 radical (unpaired) electrons. The van der Waals surface area contributed by atoms with Crippen molar-refractivity contribution in [3.8, 4) is 10.6 Å². The number of nitrogens with two attached hydrogens (primary N) is 1. The maximum atomic E-state index is 12.4. The molecule has 0 saturated heterocycles. The number of aromatic nitrogens is 1. The number of thiophene rings is 1. The van der Waals surface area contributed by atoms with Crippen LogP contribution in [0.15, 0.2) is 16.7 Å². The Labute approximate surface area is 122 Å². The molecule has 0 bridgehead atoms. The van der Waals surface area contributed by atoms with Crippen LogP contribution in [0.1, 0.15) is 36.0 Å². The van der Waals surface area contributed by atoms with Gasteiger partial charge in [-0.1, -0.05) is 19.0 Å². The van der Waals surface area contributed by atoms with Gasteiger partial charge in [-0.15, -0.1) is 11.3 Å². The second kappa shape index (κ2) is 5.66. The topological polar surface area (TPSA) is 81.2 Å². The summed E-state index contributed by atoms with van der Waals surface area (Å²) < 4.78 is 5.00. The van der Waals surface area contributed by atoms with Crippen molar-refractivity contribution in [3.63, 3.8) is 0 Å². The average molecular weight is 293 g/mol. The minimum Gasteiger partial charge on any atom is -0.367 e. The van der Waals surface area contributed by atoms with E-state index in [1.54, 1.807) is 11.3 Å². The molecule has 0 spiro atoms. The molecule has 0 aromatic carbocycles. The van der Waals surface area contributed by atoms with E-state index in [2.05, 4.69) is 10.5 Å². The number of nitrogens with one attached hydrogen (secondary N) is 1. The van der Waals surface area contributed by atoms with E-state index >= 15 is 0 Å². The molecule has 0 aliphatic heterocycles. The molecule has 6 heteroatoms. The lowest BCUT2D eigenvalue weighted by Crippen LogP contribution is -2.36. The molecule has 3 N–H and O–H groups in total. The third-order valence-corrected chi connectivity index (χ3v) is 4.29. The summed E-state index contributed by atoms with van der Waals surface area (Å²) in [4.78, 5) is 14.4. The standard InChI is InChI=1S/C14H19N3O2S/c1-7(2)9(4)16-14(18)11-12(17-19-13(11)15)10-6-5-8(3)20-10/h5-7,9H,15H2,1-4H3,(H,16,18). The van der Waals surface area contributed by atoms with Crippen LogP contribution in [0.5, 0.6) is 0 Å². The number of amides is 1. The quantitative estimate of drug-likeness (QED) is 0.907. The molecule has 1 atom stereocenters. The molecule has 0 aliphatic carbocycles. The fourth-order valence-electron chi connectivity index (χ4n) is 1.70. The van der Waals surface area contributed by atoms with Crippen LogP contribution < -0.4 is 11.1 Å². The Balaban J connectivity index is 2.32. The lowest BCUT2D eigenvalue weighted by Gasteiger charge is -2.17. The van der Waals surface area contributed by atoms with Crippen molar-refractivity contribution in [2.24, 2.45) is 5.92 Å². The van der Waals surface area contributed by atoms with Crippen molar-refractivity contribution < 1.29 is 9.32 Å². The van der Waals surface area contributed by atoms with Crippen LogP contribution in [0.2, 0.25) is 0 Å². The maximum Gasteiger partial charge on any atom is 0.259 e. The van der Waals surface area contributed by atoms with Gasteiger partial charge in [0.05, 0.1) is 4.88 Å². The van der Waals surface area contributed by atoms with Gasteiger partial charge in [-0.2, -0.15) is 0 Å². The van der Waals surface area contributed by atoms with Crippen LogP contribution in [0.3, 0.4) is 0 Å². The highest BCUT2D eigenvalue weighted by Gasteiger charge is 2.24. The first-order valence-corrected chi connectivity index (χ1v) is 7.34. The van der Waals surface area contributed by atoms with E-state index in [1.807, 2.05) is 39.8 Å². The Morgan fingerprint density at radius 1 is 1.40 bits per heavy atom. The summed E-state index contributed by atoms with van der Waals surface area (Å²) >= 11 is 1.55. The highest BCUT2D eigenvalue weighted by molar-refractivity contribution is 7.15. The summed E-state index contributed by atoms with van der Waals surface area (Å²) in [5.41, 5.74) is 6.58. The van der Waals surface area contributed by atoms with E-state index in [0.29, 0.717) is 17.2 Å². The smallest absolute Gasteiger partial charge is 0.259 e. The number of hydrogen-bond acceptors (Lipinski definition) is 5. The first kappa shape index (κ1) is 14.6. The second-order valence-electron chi connectivity index (χ2n) is 5.19. The molecule has 0 aliphatic rings. The Morgan fingerprint density at radius 3 is 2.65 bits per heavy atom. The Kier molecular flexibility index (Phi) is 4.13. The van der Waals surface area contributed by atoms with E-state index in [4.69, 9.17) is 10.3 Å². The lowest BCUT2D eigenvalue weighted by atomic mass is 10.1. The van der Waals surface area contributed by atoms with Crippen molar-refractivity contribution in [1.82, 2.24) is 10.5 Å². The molecule has 108 valence electrons. The normalized spacial score (nSPS) is 12.7. The summed E-state index contributed by atoms with van der Waals surface area (Å²) in [5, 5.41) is 6.85. The number of carbonyl (C=O) groups excluding carboxylic acids is 1. The van der Waals surface area contributed by atoms with Crippen molar-refractivity contribution >= 4 is 23.1 Å². The number of rotatable bonds is 4. The minimum atomic E-state index is -0.244. The van der Waals surface area contributed by atoms with Crippen LogP contribution in [-0.2, 0) is 0 Å². The van der Waals surface area contributed by atoms with Crippen molar-refractivity contribution in [3.05, 3.63) is 22.6 Å². The van der Waals surface area contributed by atoms with Gasteiger partial charge >= 0.3 is 0 Å². The van der Waals surface area contributed by atoms with E-state index in [1.165, 1.54) is 0 Å². The zero-order valence-corrected chi connectivity index (χ0v) is 12.9. The molecule has 1 unspecified atom stereocenters. The molecule has 0 saturated carbocycles. The third kappa shape index (κ3) is 2.85. The first-order valence-electron chi connectivity index (χ1n) is 6.53. The number of anilines is 1. The Morgan fingerprint density at radius 2 is 2.10 bits per heavy atom. The Bertz CT molecular complexity index is 616. The average Bonchev–Trinajstić information content (AvgIpc) is 2.95. The molecule has 1 amide bonds. The number of carbonyl (C=O) groups is 1. The monoisotopic (exact) mass is 293 g/mol. The summed E-state index contributed by atoms with van der Waals surface area (Å²) in [6.07, 6.45) is 0. The van der Waals surface area contributed by atoms with Crippen molar-refractivity contribution in [2.45, 2.75) is 33.7 Å². The second-order valence-corrected chi connectivity index (χ2v) is 6.47. The Hall–Kier alpha value is -1.82. The fourth-order valence-corrected chi connectivity index (χ4v) is 2.55. The maximum absolute atomic E-state index is 12.4. The van der Waals surface area contributed by atoms with Crippen LogP contribution in [-0.4, -0.2) is 17.1 Å². The van der Waals surface area contributed by atoms with E-state index in [9.17, 15) is 4.79 Å². The molecule has 0 fully saturated rings. The minimum absolute atomic E-state index is 0.0507. The predicted octanol–water partition coefficient (Wildman–Crippen LogP) is 3.07. The number of hydrogen-bond donors (Lipinski definition) is 2. The van der Waals surface area contributed by atoms with Crippen LogP contribution in [0.25, 0.3) is 10.6 Å². The summed E-state index contributed by atoms with van der Waals surface area (Å²) in [6, 6.07) is 3.94. The number of nitrogen functional groups attached to an aromatic ring is 1. The van der Waals surface area contributed by atoms with Crippen LogP contribution in [0, 0.1) is 12.8 Å². The van der Waals surface area contributed by atoms with Gasteiger partial charge in [0.15, 0.2) is 0 Å². The fraction of sp³-hybridized carbons (Fsp3) is 0.429. The molecule has 2 rings (SSSR count). The van der Waals surface area contributed by atoms with Crippen molar-refractivity contribution in [1.29, 1.82) is 0 Å². The highest BCUT2D eigenvalue weighted by atomic mass is 32.1. The van der Waals surface area contributed by atoms with Gasteiger partial charge in [0.25, 0.3) is 5.91 Å². The van der Waals surface area contributed by atoms with Crippen LogP contribution >= 0.6 is 11.3 Å². The van der Waals surface area contributed by atoms with Gasteiger partial charge in [0.1, 0.15) is 11.3 Å². The molecule has 2 heterocycles. The van der Waals surface area contributed by atoms with Crippen molar-refractivity contribution in [2.75, 3.05) is 5.73 Å². The van der Waals surface area contributed by atoms with Gasteiger partial charge in [-0.3, -0.25) is 4.79 Å². The lowest BCUT2D eigenvalue weighted by molar-refractivity contribution is 0.0931.